The van der Waals surface area contributed by atoms with Gasteiger partial charge in [-0.3, -0.25) is 0 Å². The van der Waals surface area contributed by atoms with Crippen molar-refractivity contribution in [2.75, 3.05) is 0 Å². The molecule has 0 nitrogen and oxygen atoms in total. The van der Waals surface area contributed by atoms with Gasteiger partial charge < -0.3 is 0 Å². The highest BCUT2D eigenvalue weighted by atomic mass is 14.5. The van der Waals surface area contributed by atoms with Gasteiger partial charge in [-0.05, 0) is 42.4 Å². The molecule has 0 aliphatic heterocycles. The molecular weight excluding hydrogens is 239 g/mol. The summed E-state index contributed by atoms with van der Waals surface area (Å²) in [6.07, 6.45) is 18.4. The predicted octanol–water partition coefficient (Wildman–Crippen LogP) is 4.09. The van der Waals surface area contributed by atoms with Crippen molar-refractivity contribution < 1.29 is 0 Å². The molecule has 0 fully saturated rings. The molecule has 0 radical (unpaired) electrons. The van der Waals surface area contributed by atoms with Crippen LogP contribution in [0.2, 0.25) is 5.82 Å². The number of allylic oxidation sites excluding steroid dienone is 8. The Morgan fingerprint density at radius 1 is 1.00 bits per heavy atom. The first-order chi connectivity index (χ1) is 9.57. The van der Waals surface area contributed by atoms with E-state index in [0.29, 0.717) is 5.41 Å². The van der Waals surface area contributed by atoms with Gasteiger partial charge in [-0.15, -0.1) is 0 Å². The van der Waals surface area contributed by atoms with E-state index in [0.717, 1.165) is 29.5 Å². The lowest BCUT2D eigenvalue weighted by Crippen LogP contribution is -2.28. The molecule has 0 amide bonds. The Hall–Kier alpha value is -0.975. The van der Waals surface area contributed by atoms with Crippen LogP contribution in [0.5, 0.6) is 0 Å². The fourth-order valence-electron chi connectivity index (χ4n) is 5.29. The Kier molecular flexibility index (Phi) is 2.71. The molecule has 5 atom stereocenters. The van der Waals surface area contributed by atoms with Crippen LogP contribution in [-0.2, 0) is 0 Å². The van der Waals surface area contributed by atoms with E-state index in [1.165, 1.54) is 19.3 Å². The van der Waals surface area contributed by atoms with Gasteiger partial charge in [0, 0.05) is 5.92 Å². The van der Waals surface area contributed by atoms with Gasteiger partial charge >= 0.3 is 0 Å². The first-order valence-electron chi connectivity index (χ1n) is 8.33. The predicted molar refractivity (Wildman–Crippen MR) is 88.3 cm³/mol. The number of hydrogen-bond acceptors (Lipinski definition) is 0. The highest BCUT2D eigenvalue weighted by molar-refractivity contribution is 6.13. The van der Waals surface area contributed by atoms with Gasteiger partial charge in [0.05, 0.1) is 0 Å². The van der Waals surface area contributed by atoms with E-state index in [4.69, 9.17) is 0 Å². The molecule has 0 saturated heterocycles. The summed E-state index contributed by atoms with van der Waals surface area (Å²) in [5.74, 6) is 3.89. The van der Waals surface area contributed by atoms with Gasteiger partial charge in [0.25, 0.3) is 0 Å². The van der Waals surface area contributed by atoms with Crippen LogP contribution in [-0.4, -0.2) is 7.85 Å². The van der Waals surface area contributed by atoms with Crippen molar-refractivity contribution in [3.8, 4) is 0 Å². The summed E-state index contributed by atoms with van der Waals surface area (Å²) in [6, 6.07) is 0. The number of fused-ring (bicyclic) bond motifs is 3. The summed E-state index contributed by atoms with van der Waals surface area (Å²) in [7, 11) is 2.38. The molecule has 0 bridgehead atoms. The van der Waals surface area contributed by atoms with E-state index in [-0.39, 0.29) is 0 Å². The quantitative estimate of drug-likeness (QED) is 0.456. The molecule has 5 unspecified atom stereocenters. The maximum atomic E-state index is 2.55. The Labute approximate surface area is 124 Å². The molecule has 0 heterocycles. The van der Waals surface area contributed by atoms with Crippen molar-refractivity contribution in [3.63, 3.8) is 0 Å². The molecule has 0 aromatic carbocycles. The zero-order valence-electron chi connectivity index (χ0n) is 13.0. The summed E-state index contributed by atoms with van der Waals surface area (Å²) < 4.78 is 0. The Morgan fingerprint density at radius 2 is 1.70 bits per heavy atom. The van der Waals surface area contributed by atoms with E-state index in [1.54, 1.807) is 0 Å². The Balaban J connectivity index is 1.75. The zero-order valence-corrected chi connectivity index (χ0v) is 13.0. The van der Waals surface area contributed by atoms with E-state index in [1.807, 2.05) is 11.1 Å². The minimum atomic E-state index is 0.416. The minimum absolute atomic E-state index is 0.416. The first-order valence-corrected chi connectivity index (χ1v) is 8.33. The van der Waals surface area contributed by atoms with Crippen LogP contribution >= 0.6 is 0 Å². The zero-order chi connectivity index (χ0) is 13.9. The second-order valence-corrected chi connectivity index (χ2v) is 7.96. The molecule has 1 heteroatoms. The van der Waals surface area contributed by atoms with Crippen molar-refractivity contribution in [1.82, 2.24) is 0 Å². The van der Waals surface area contributed by atoms with Crippen LogP contribution < -0.4 is 0 Å². The highest BCUT2D eigenvalue weighted by Gasteiger charge is 2.50. The lowest BCUT2D eigenvalue weighted by molar-refractivity contribution is 0.230. The summed E-state index contributed by atoms with van der Waals surface area (Å²) in [6.45, 7) is 5.03. The smallest absolute Gasteiger partial charge is 0.0928 e. The molecule has 0 spiro atoms. The lowest BCUT2D eigenvalue weighted by atomic mass is 9.64. The summed E-state index contributed by atoms with van der Waals surface area (Å²) in [5.41, 5.74) is 4.04. The van der Waals surface area contributed by atoms with Crippen molar-refractivity contribution in [3.05, 3.63) is 47.6 Å². The molecule has 0 aromatic rings. The fourth-order valence-corrected chi connectivity index (χ4v) is 5.29. The number of rotatable bonds is 0. The van der Waals surface area contributed by atoms with Gasteiger partial charge in [0.1, 0.15) is 7.85 Å². The van der Waals surface area contributed by atoms with Gasteiger partial charge in [-0.1, -0.05) is 67.3 Å². The third-order valence-corrected chi connectivity index (χ3v) is 6.47. The molecule has 4 rings (SSSR count). The van der Waals surface area contributed by atoms with Crippen LogP contribution in [0.4, 0.5) is 0 Å². The van der Waals surface area contributed by atoms with Crippen LogP contribution in [0.1, 0.15) is 33.1 Å². The second-order valence-electron chi connectivity index (χ2n) is 7.96. The Morgan fingerprint density at radius 3 is 2.45 bits per heavy atom. The third kappa shape index (κ3) is 1.68. The van der Waals surface area contributed by atoms with E-state index in [2.05, 4.69) is 58.1 Å². The van der Waals surface area contributed by atoms with Crippen LogP contribution in [0.15, 0.2) is 47.6 Å². The number of hydrogen-bond donors (Lipinski definition) is 0. The van der Waals surface area contributed by atoms with Crippen molar-refractivity contribution >= 4 is 7.85 Å². The summed E-state index contributed by atoms with van der Waals surface area (Å²) in [5, 5.41) is 0. The molecule has 0 saturated carbocycles. The fraction of sp³-hybridized carbons (Fsp3) is 0.579. The van der Waals surface area contributed by atoms with Crippen molar-refractivity contribution in [2.45, 2.75) is 38.9 Å². The maximum absolute atomic E-state index is 2.55. The molecule has 20 heavy (non-hydrogen) atoms. The third-order valence-electron chi connectivity index (χ3n) is 6.47. The average molecular weight is 264 g/mol. The standard InChI is InChI=1S/C19H25B/c1-19(2)17-10-13-6-4-3-5-12(13)9-16(17)15-8-7-14(20)11-18(15)19/h3-8,12-15,18H,9-11,20H2,1-2H3. The monoisotopic (exact) mass is 264 g/mol. The molecular formula is C19H25B. The van der Waals surface area contributed by atoms with Crippen molar-refractivity contribution in [1.29, 1.82) is 0 Å². The molecule has 0 aromatic heterocycles. The van der Waals surface area contributed by atoms with Gasteiger partial charge in [-0.25, -0.2) is 0 Å². The normalized spacial score (nSPS) is 44.2. The summed E-state index contributed by atoms with van der Waals surface area (Å²) >= 11 is 0. The van der Waals surface area contributed by atoms with Gasteiger partial charge in [0.15, 0.2) is 0 Å². The molecule has 4 aliphatic rings. The summed E-state index contributed by atoms with van der Waals surface area (Å²) in [4.78, 5) is 0. The van der Waals surface area contributed by atoms with Gasteiger partial charge in [0.2, 0.25) is 0 Å². The van der Waals surface area contributed by atoms with E-state index >= 15 is 0 Å². The van der Waals surface area contributed by atoms with Crippen LogP contribution in [0, 0.1) is 29.1 Å². The van der Waals surface area contributed by atoms with Gasteiger partial charge in [-0.2, -0.15) is 0 Å². The maximum Gasteiger partial charge on any atom is 0.110 e. The Bertz CT molecular complexity index is 546. The van der Waals surface area contributed by atoms with Crippen molar-refractivity contribution in [2.24, 2.45) is 29.1 Å². The van der Waals surface area contributed by atoms with E-state index < -0.39 is 0 Å². The minimum Gasteiger partial charge on any atom is -0.0928 e. The molecule has 4 aliphatic carbocycles. The molecule has 104 valence electrons. The van der Waals surface area contributed by atoms with Crippen LogP contribution in [0.3, 0.4) is 0 Å². The molecule has 0 N–H and O–H groups in total. The highest BCUT2D eigenvalue weighted by Crippen LogP contribution is 2.61. The SMILES string of the molecule is BC1C=CC2C3=C(CC4C=CC=CC4C3)C(C)(C)C2C1. The second kappa shape index (κ2) is 4.26. The average Bonchev–Trinajstić information content (AvgIpc) is 2.65. The lowest BCUT2D eigenvalue weighted by Gasteiger charge is -2.37. The largest absolute Gasteiger partial charge is 0.110 e. The van der Waals surface area contributed by atoms with Crippen LogP contribution in [0.25, 0.3) is 0 Å². The topological polar surface area (TPSA) is 0 Å². The van der Waals surface area contributed by atoms with E-state index in [9.17, 15) is 0 Å². The first kappa shape index (κ1) is 12.7.